The van der Waals surface area contributed by atoms with Crippen molar-refractivity contribution in [3.63, 3.8) is 0 Å². The fraction of sp³-hybridized carbons (Fsp3) is 0.250. The largest absolute Gasteiger partial charge is 0.465 e. The summed E-state index contributed by atoms with van der Waals surface area (Å²) in [4.78, 5) is 11.6. The van der Waals surface area contributed by atoms with E-state index >= 15 is 0 Å². The van der Waals surface area contributed by atoms with Crippen LogP contribution in [0.25, 0.3) is 22.0 Å². The number of nitrogens with one attached hydrogen (secondary N) is 1. The number of benzene rings is 2. The maximum atomic E-state index is 11.6. The molecule has 0 aliphatic rings. The lowest BCUT2D eigenvalue weighted by molar-refractivity contribution is 0.0600. The zero-order valence-corrected chi connectivity index (χ0v) is 16.5. The van der Waals surface area contributed by atoms with Crippen LogP contribution in [0, 0.1) is 0 Å². The minimum Gasteiger partial charge on any atom is -0.465 e. The Bertz CT molecular complexity index is 1100. The topological polar surface area (TPSA) is 77.4 Å². The summed E-state index contributed by atoms with van der Waals surface area (Å²) in [5.74, 6) is -0.373. The zero-order chi connectivity index (χ0) is 19.8. The number of sulfonamides is 1. The van der Waals surface area contributed by atoms with Crippen LogP contribution in [0.15, 0.2) is 48.7 Å². The van der Waals surface area contributed by atoms with Crippen LogP contribution in [0.5, 0.6) is 0 Å². The summed E-state index contributed by atoms with van der Waals surface area (Å²) in [5, 5.41) is 1.01. The van der Waals surface area contributed by atoms with Gasteiger partial charge in [-0.3, -0.25) is 4.72 Å². The van der Waals surface area contributed by atoms with Crippen LogP contribution in [0.2, 0.25) is 0 Å². The first-order valence-corrected chi connectivity index (χ1v) is 10.4. The number of esters is 1. The van der Waals surface area contributed by atoms with Crippen LogP contribution in [0.4, 0.5) is 5.69 Å². The van der Waals surface area contributed by atoms with E-state index in [-0.39, 0.29) is 12.0 Å². The van der Waals surface area contributed by atoms with Crippen molar-refractivity contribution >= 4 is 32.6 Å². The molecule has 0 atom stereocenters. The van der Waals surface area contributed by atoms with E-state index in [4.69, 9.17) is 4.74 Å². The van der Waals surface area contributed by atoms with E-state index in [1.807, 2.05) is 30.5 Å². The van der Waals surface area contributed by atoms with Gasteiger partial charge >= 0.3 is 5.97 Å². The predicted octanol–water partition coefficient (Wildman–Crippen LogP) is 4.05. The first-order chi connectivity index (χ1) is 12.7. The molecule has 0 aliphatic carbocycles. The molecule has 0 saturated carbocycles. The van der Waals surface area contributed by atoms with Crippen molar-refractivity contribution in [1.29, 1.82) is 0 Å². The molecule has 0 fully saturated rings. The number of rotatable bonds is 5. The smallest absolute Gasteiger partial charge is 0.337 e. The lowest BCUT2D eigenvalue weighted by Crippen LogP contribution is -2.09. The molecule has 2 aromatic carbocycles. The van der Waals surface area contributed by atoms with Crippen molar-refractivity contribution in [2.24, 2.45) is 0 Å². The second kappa shape index (κ2) is 7.08. The van der Waals surface area contributed by atoms with Gasteiger partial charge in [0.1, 0.15) is 0 Å². The first-order valence-electron chi connectivity index (χ1n) is 8.50. The summed E-state index contributed by atoms with van der Waals surface area (Å²) in [7, 11) is -1.99. The van der Waals surface area contributed by atoms with E-state index < -0.39 is 10.0 Å². The van der Waals surface area contributed by atoms with Gasteiger partial charge in [0.05, 0.1) is 30.1 Å². The van der Waals surface area contributed by atoms with Crippen molar-refractivity contribution < 1.29 is 17.9 Å². The number of hydrogen-bond donors (Lipinski definition) is 1. The highest BCUT2D eigenvalue weighted by Gasteiger charge is 2.14. The Kier molecular flexibility index (Phi) is 4.97. The molecule has 1 N–H and O–H groups in total. The third kappa shape index (κ3) is 3.98. The molecule has 142 valence electrons. The third-order valence-corrected chi connectivity index (χ3v) is 4.92. The van der Waals surface area contributed by atoms with Crippen LogP contribution in [0.3, 0.4) is 0 Å². The molecule has 0 unspecified atom stereocenters. The van der Waals surface area contributed by atoms with Crippen molar-refractivity contribution in [3.8, 4) is 11.1 Å². The highest BCUT2D eigenvalue weighted by Crippen LogP contribution is 2.34. The van der Waals surface area contributed by atoms with Crippen LogP contribution in [-0.4, -0.2) is 32.3 Å². The molecule has 3 aromatic rings. The number of nitrogens with zero attached hydrogens (tertiary/aromatic N) is 1. The molecule has 1 heterocycles. The summed E-state index contributed by atoms with van der Waals surface area (Å²) in [5.41, 5.74) is 3.94. The highest BCUT2D eigenvalue weighted by atomic mass is 32.2. The summed E-state index contributed by atoms with van der Waals surface area (Å²) < 4.78 is 32.4. The van der Waals surface area contributed by atoms with Crippen LogP contribution in [-0.2, 0) is 14.8 Å². The lowest BCUT2D eigenvalue weighted by Gasteiger charge is -2.10. The van der Waals surface area contributed by atoms with Gasteiger partial charge in [0, 0.05) is 23.2 Å². The number of carbonyl (C=O) groups excluding carboxylic acids is 1. The van der Waals surface area contributed by atoms with Gasteiger partial charge in [-0.15, -0.1) is 0 Å². The second-order valence-corrected chi connectivity index (χ2v) is 8.47. The number of anilines is 1. The summed E-state index contributed by atoms with van der Waals surface area (Å²) in [6.45, 7) is 4.14. The van der Waals surface area contributed by atoms with Gasteiger partial charge in [-0.1, -0.05) is 18.2 Å². The lowest BCUT2D eigenvalue weighted by atomic mass is 10.0. The van der Waals surface area contributed by atoms with Crippen molar-refractivity contribution in [3.05, 3.63) is 54.2 Å². The SMILES string of the molecule is COC(=O)c1ccc(-c2cn(C(C)C)c3cc(NS(C)(=O)=O)ccc23)cc1. The average molecular weight is 386 g/mol. The number of methoxy groups -OCH3 is 1. The second-order valence-electron chi connectivity index (χ2n) is 6.72. The maximum absolute atomic E-state index is 11.6. The van der Waals surface area contributed by atoms with Crippen molar-refractivity contribution in [2.45, 2.75) is 19.9 Å². The molecular formula is C20H22N2O4S. The molecule has 0 saturated heterocycles. The van der Waals surface area contributed by atoms with Gasteiger partial charge in [-0.05, 0) is 43.7 Å². The van der Waals surface area contributed by atoms with Gasteiger partial charge < -0.3 is 9.30 Å². The normalized spacial score (nSPS) is 11.7. The fourth-order valence-corrected chi connectivity index (χ4v) is 3.64. The Morgan fingerprint density at radius 2 is 1.78 bits per heavy atom. The van der Waals surface area contributed by atoms with E-state index in [0.29, 0.717) is 11.3 Å². The van der Waals surface area contributed by atoms with E-state index in [2.05, 4.69) is 23.1 Å². The van der Waals surface area contributed by atoms with E-state index in [9.17, 15) is 13.2 Å². The molecule has 7 heteroatoms. The number of aromatic nitrogens is 1. The van der Waals surface area contributed by atoms with Gasteiger partial charge in [0.25, 0.3) is 0 Å². The highest BCUT2D eigenvalue weighted by molar-refractivity contribution is 7.92. The molecule has 0 spiro atoms. The summed E-state index contributed by atoms with van der Waals surface area (Å²) in [6, 6.07) is 12.9. The first kappa shape index (κ1) is 19.0. The minimum atomic E-state index is -3.34. The van der Waals surface area contributed by atoms with Gasteiger partial charge in [0.2, 0.25) is 10.0 Å². The molecular weight excluding hydrogens is 364 g/mol. The summed E-state index contributed by atoms with van der Waals surface area (Å²) >= 11 is 0. The number of carbonyl (C=O) groups is 1. The van der Waals surface area contributed by atoms with E-state index in [0.717, 1.165) is 28.3 Å². The monoisotopic (exact) mass is 386 g/mol. The van der Waals surface area contributed by atoms with Gasteiger partial charge in [-0.25, -0.2) is 13.2 Å². The van der Waals surface area contributed by atoms with Crippen LogP contribution in [0.1, 0.15) is 30.2 Å². The Labute approximate surface area is 158 Å². The van der Waals surface area contributed by atoms with Gasteiger partial charge in [0.15, 0.2) is 0 Å². The number of ether oxygens (including phenoxy) is 1. The molecule has 6 nitrogen and oxygen atoms in total. The standard InChI is InChI=1S/C20H22N2O4S/c1-13(2)22-12-18(14-5-7-15(8-6-14)20(23)26-3)17-10-9-16(11-19(17)22)21-27(4,24)25/h5-13,21H,1-4H3. The average Bonchev–Trinajstić information content (AvgIpc) is 2.99. The minimum absolute atomic E-state index is 0.198. The Hall–Kier alpha value is -2.80. The molecule has 3 rings (SSSR count). The molecule has 0 aliphatic heterocycles. The zero-order valence-electron chi connectivity index (χ0n) is 15.7. The molecule has 0 radical (unpaired) electrons. The fourth-order valence-electron chi connectivity index (χ4n) is 3.09. The Morgan fingerprint density at radius 1 is 1.11 bits per heavy atom. The molecule has 27 heavy (non-hydrogen) atoms. The van der Waals surface area contributed by atoms with E-state index in [1.165, 1.54) is 7.11 Å². The van der Waals surface area contributed by atoms with Gasteiger partial charge in [-0.2, -0.15) is 0 Å². The Morgan fingerprint density at radius 3 is 2.33 bits per heavy atom. The predicted molar refractivity (Wildman–Crippen MR) is 108 cm³/mol. The van der Waals surface area contributed by atoms with Crippen LogP contribution < -0.4 is 4.72 Å². The quantitative estimate of drug-likeness (QED) is 0.671. The maximum Gasteiger partial charge on any atom is 0.337 e. The van der Waals surface area contributed by atoms with Crippen molar-refractivity contribution in [2.75, 3.05) is 18.1 Å². The number of hydrogen-bond acceptors (Lipinski definition) is 4. The summed E-state index contributed by atoms with van der Waals surface area (Å²) in [6.07, 6.45) is 3.18. The number of fused-ring (bicyclic) bond motifs is 1. The Balaban J connectivity index is 2.12. The van der Waals surface area contributed by atoms with Crippen LogP contribution >= 0.6 is 0 Å². The molecule has 0 bridgehead atoms. The van der Waals surface area contributed by atoms with Crippen molar-refractivity contribution in [1.82, 2.24) is 4.57 Å². The van der Waals surface area contributed by atoms with E-state index in [1.54, 1.807) is 18.2 Å². The molecule has 0 amide bonds. The third-order valence-electron chi connectivity index (χ3n) is 4.31. The molecule has 1 aromatic heterocycles.